The minimum absolute atomic E-state index is 0.0876. The minimum Gasteiger partial charge on any atom is -0.310 e. The van der Waals surface area contributed by atoms with Crippen LogP contribution in [0.2, 0.25) is 0 Å². The van der Waals surface area contributed by atoms with Crippen molar-refractivity contribution in [3.8, 4) is 11.1 Å². The first-order valence-corrected chi connectivity index (χ1v) is 25.1. The molecule has 2 nitrogen and oxygen atoms in total. The van der Waals surface area contributed by atoms with Gasteiger partial charge in [0.05, 0.1) is 16.3 Å². The fourth-order valence-corrected chi connectivity index (χ4v) is 13.6. The number of aryl methyl sites for hydroxylation is 1. The first kappa shape index (κ1) is 44.3. The Balaban J connectivity index is 1.35. The monoisotopic (exact) mass is 910 g/mol. The lowest BCUT2D eigenvalue weighted by molar-refractivity contribution is -0.137. The number of benzene rings is 6. The summed E-state index contributed by atoms with van der Waals surface area (Å²) in [5, 5.41) is 2.13. The summed E-state index contributed by atoms with van der Waals surface area (Å²) in [6, 6.07) is 38.2. The molecule has 0 bridgehead atoms. The van der Waals surface area contributed by atoms with Crippen molar-refractivity contribution in [3.63, 3.8) is 0 Å². The van der Waals surface area contributed by atoms with Crippen LogP contribution in [0, 0.1) is 6.92 Å². The molecule has 0 saturated heterocycles. The molecule has 0 N–H and O–H groups in total. The van der Waals surface area contributed by atoms with E-state index in [1.54, 1.807) is 11.3 Å². The number of nitrogens with zero attached hydrogens (tertiary/aromatic N) is 2. The number of halogens is 3. The molecule has 342 valence electrons. The fourth-order valence-electron chi connectivity index (χ4n) is 12.3. The largest absolute Gasteiger partial charge is 0.416 e. The molecule has 0 atom stereocenters. The van der Waals surface area contributed by atoms with Crippen molar-refractivity contribution in [3.05, 3.63) is 148 Å². The van der Waals surface area contributed by atoms with Crippen LogP contribution in [0.5, 0.6) is 0 Å². The normalized spacial score (nSPS) is 18.5. The third-order valence-electron chi connectivity index (χ3n) is 16.5. The van der Waals surface area contributed by atoms with Crippen LogP contribution in [0.25, 0.3) is 21.2 Å². The van der Waals surface area contributed by atoms with Crippen LogP contribution in [-0.2, 0) is 33.3 Å². The van der Waals surface area contributed by atoms with Gasteiger partial charge in [-0.05, 0) is 157 Å². The maximum Gasteiger partial charge on any atom is 0.416 e. The molecule has 0 saturated carbocycles. The molecule has 6 aromatic carbocycles. The summed E-state index contributed by atoms with van der Waals surface area (Å²) in [6.07, 6.45) is -0.569. The molecule has 0 spiro atoms. The second kappa shape index (κ2) is 14.4. The van der Waals surface area contributed by atoms with Gasteiger partial charge in [-0.3, -0.25) is 0 Å². The summed E-state index contributed by atoms with van der Waals surface area (Å²) in [5.41, 5.74) is 15.3. The molecule has 67 heavy (non-hydrogen) atoms. The summed E-state index contributed by atoms with van der Waals surface area (Å²) in [5.74, 6) is 0. The highest BCUT2D eigenvalue weighted by Gasteiger charge is 2.51. The van der Waals surface area contributed by atoms with Gasteiger partial charge in [0.15, 0.2) is 0 Å². The van der Waals surface area contributed by atoms with Crippen molar-refractivity contribution < 1.29 is 13.2 Å². The second-order valence-electron chi connectivity index (χ2n) is 23.8. The number of fused-ring (bicyclic) bond motifs is 9. The number of anilines is 6. The van der Waals surface area contributed by atoms with Crippen LogP contribution in [0.15, 0.2) is 109 Å². The zero-order valence-electron chi connectivity index (χ0n) is 41.2. The van der Waals surface area contributed by atoms with E-state index in [1.165, 1.54) is 45.4 Å². The molecule has 2 aliphatic carbocycles. The van der Waals surface area contributed by atoms with Crippen LogP contribution in [0.3, 0.4) is 0 Å². The van der Waals surface area contributed by atoms with Crippen LogP contribution >= 0.6 is 11.3 Å². The molecule has 7 aromatic rings. The second-order valence-corrected chi connectivity index (χ2v) is 24.9. The minimum atomic E-state index is -4.62. The van der Waals surface area contributed by atoms with Gasteiger partial charge < -0.3 is 9.80 Å². The number of rotatable bonds is 3. The van der Waals surface area contributed by atoms with Crippen LogP contribution < -0.4 is 26.2 Å². The Kier molecular flexibility index (Phi) is 9.50. The molecule has 0 unspecified atom stereocenters. The molecular formula is C60H62BF3N2S. The fraction of sp³-hybridized carbons (Fsp3) is 0.367. The zero-order chi connectivity index (χ0) is 47.5. The lowest BCUT2D eigenvalue weighted by Gasteiger charge is -2.50. The van der Waals surface area contributed by atoms with Crippen molar-refractivity contribution in [2.75, 3.05) is 9.80 Å². The third-order valence-corrected chi connectivity index (χ3v) is 17.6. The van der Waals surface area contributed by atoms with Crippen LogP contribution in [0.1, 0.15) is 141 Å². The van der Waals surface area contributed by atoms with Crippen LogP contribution in [-0.4, -0.2) is 6.71 Å². The Hall–Kier alpha value is -5.27. The number of hydrogen-bond acceptors (Lipinski definition) is 3. The van der Waals surface area contributed by atoms with E-state index in [2.05, 4.69) is 184 Å². The van der Waals surface area contributed by atoms with E-state index in [9.17, 15) is 0 Å². The maximum atomic E-state index is 16.1. The van der Waals surface area contributed by atoms with Crippen LogP contribution in [0.4, 0.5) is 46.6 Å². The van der Waals surface area contributed by atoms with E-state index in [0.29, 0.717) is 11.4 Å². The van der Waals surface area contributed by atoms with Crippen molar-refractivity contribution in [2.24, 2.45) is 0 Å². The lowest BCUT2D eigenvalue weighted by atomic mass is 9.33. The van der Waals surface area contributed by atoms with Crippen molar-refractivity contribution in [1.29, 1.82) is 0 Å². The average molecular weight is 911 g/mol. The topological polar surface area (TPSA) is 6.48 Å². The smallest absolute Gasteiger partial charge is 0.310 e. The van der Waals surface area contributed by atoms with Gasteiger partial charge in [0.25, 0.3) is 6.71 Å². The Morgan fingerprint density at radius 1 is 0.552 bits per heavy atom. The predicted molar refractivity (Wildman–Crippen MR) is 280 cm³/mol. The van der Waals surface area contributed by atoms with Crippen molar-refractivity contribution >= 4 is 78.0 Å². The van der Waals surface area contributed by atoms with Gasteiger partial charge in [-0.25, -0.2) is 0 Å². The SMILES string of the molecule is Cc1cc(C(C)(C)C)ccc1N1c2cc(C(F)(F)F)cc3c2B(c2ccc4c(c2N3c2cc3c(cc2-c2ccccc2)C(C)(C)CCC3(C)C)C(C)(C)CCC4(C)C)c2c1sc1ccccc21. The number of hydrogen-bond donors (Lipinski definition) is 0. The lowest BCUT2D eigenvalue weighted by Crippen LogP contribution is -2.62. The standard InChI is InChI=1S/C60H62BF3N2S/c1-35-30-37(55(2,3)4)22-25-45(35)66-48-32-38(60(62,63)64)31-47-52(48)61(51-39-20-16-17-21-49(39)67-54(51)66)44-24-23-41-50(59(11,12)29-28-56(41,5)6)53(44)65(47)46-34-43-42(57(7,8)26-27-58(43,9)10)33-40(46)36-18-14-13-15-19-36/h13-25,30-34H,26-29H2,1-12H3. The molecular weight excluding hydrogens is 849 g/mol. The summed E-state index contributed by atoms with van der Waals surface area (Å²) in [7, 11) is 0. The Labute approximate surface area is 400 Å². The van der Waals surface area contributed by atoms with E-state index >= 15 is 13.2 Å². The molecule has 11 rings (SSSR count). The highest BCUT2D eigenvalue weighted by Crippen LogP contribution is 2.58. The maximum absolute atomic E-state index is 16.1. The quantitative estimate of drug-likeness (QED) is 0.163. The summed E-state index contributed by atoms with van der Waals surface area (Å²) < 4.78 is 49.4. The van der Waals surface area contributed by atoms with Crippen molar-refractivity contribution in [1.82, 2.24) is 0 Å². The van der Waals surface area contributed by atoms with Gasteiger partial charge in [-0.15, -0.1) is 11.3 Å². The summed E-state index contributed by atoms with van der Waals surface area (Å²) in [4.78, 5) is 4.53. The molecule has 0 amide bonds. The van der Waals surface area contributed by atoms with E-state index < -0.39 is 11.7 Å². The molecule has 2 aliphatic heterocycles. The summed E-state index contributed by atoms with van der Waals surface area (Å²) >= 11 is 1.69. The highest BCUT2D eigenvalue weighted by atomic mass is 32.1. The predicted octanol–water partition coefficient (Wildman–Crippen LogP) is 16.0. The Morgan fingerprint density at radius 2 is 1.15 bits per heavy atom. The van der Waals surface area contributed by atoms with E-state index in [4.69, 9.17) is 0 Å². The first-order valence-electron chi connectivity index (χ1n) is 24.3. The Bertz CT molecular complexity index is 3200. The van der Waals surface area contributed by atoms with Gasteiger partial charge in [-0.1, -0.05) is 149 Å². The molecule has 3 heterocycles. The van der Waals surface area contributed by atoms with Gasteiger partial charge in [-0.2, -0.15) is 13.2 Å². The number of thiophene rings is 1. The van der Waals surface area contributed by atoms with Gasteiger partial charge in [0, 0.05) is 33.0 Å². The van der Waals surface area contributed by atoms with E-state index in [0.717, 1.165) is 85.4 Å². The molecule has 0 radical (unpaired) electrons. The number of alkyl halides is 3. The first-order chi connectivity index (χ1) is 31.4. The Morgan fingerprint density at radius 3 is 1.79 bits per heavy atom. The zero-order valence-corrected chi connectivity index (χ0v) is 42.1. The third kappa shape index (κ3) is 6.63. The van der Waals surface area contributed by atoms with E-state index in [-0.39, 0.29) is 33.8 Å². The molecule has 7 heteroatoms. The molecule has 1 aromatic heterocycles. The van der Waals surface area contributed by atoms with Gasteiger partial charge in [0.2, 0.25) is 0 Å². The summed E-state index contributed by atoms with van der Waals surface area (Å²) in [6.45, 7) is 27.2. The van der Waals surface area contributed by atoms with E-state index in [1.807, 2.05) is 6.07 Å². The molecule has 4 aliphatic rings. The molecule has 0 fully saturated rings. The average Bonchev–Trinajstić information content (AvgIpc) is 3.65. The van der Waals surface area contributed by atoms with Crippen molar-refractivity contribution in [2.45, 2.75) is 142 Å². The van der Waals surface area contributed by atoms with Gasteiger partial charge in [0.1, 0.15) is 0 Å². The van der Waals surface area contributed by atoms with Gasteiger partial charge >= 0.3 is 6.18 Å². The highest BCUT2D eigenvalue weighted by molar-refractivity contribution is 7.26.